The number of rotatable bonds is 7. The van der Waals surface area contributed by atoms with Gasteiger partial charge in [0.1, 0.15) is 6.61 Å². The lowest BCUT2D eigenvalue weighted by atomic mass is 10.1. The first-order valence-corrected chi connectivity index (χ1v) is 10.3. The Kier molecular flexibility index (Phi) is 6.46. The first-order valence-electron chi connectivity index (χ1n) is 8.30. The van der Waals surface area contributed by atoms with Crippen molar-refractivity contribution in [3.63, 3.8) is 0 Å². The number of aromatic amines is 1. The minimum Gasteiger partial charge on any atom is -0.449 e. The molecule has 5 nitrogen and oxygen atoms in total. The van der Waals surface area contributed by atoms with E-state index in [1.807, 2.05) is 24.3 Å². The summed E-state index contributed by atoms with van der Waals surface area (Å²) in [5.74, 6) is 1.59. The quantitative estimate of drug-likeness (QED) is 0.458. The Morgan fingerprint density at radius 1 is 1.19 bits per heavy atom. The Morgan fingerprint density at radius 2 is 2.04 bits per heavy atom. The van der Waals surface area contributed by atoms with Crippen LogP contribution in [0.4, 0.5) is 4.79 Å². The van der Waals surface area contributed by atoms with E-state index in [1.54, 1.807) is 30.6 Å². The number of hydrogen-bond donors (Lipinski definition) is 2. The average molecular weight is 388 g/mol. The molecule has 0 spiro atoms. The van der Waals surface area contributed by atoms with Crippen LogP contribution in [0.15, 0.2) is 52.5 Å². The van der Waals surface area contributed by atoms with Crippen molar-refractivity contribution in [3.8, 4) is 0 Å². The lowest BCUT2D eigenvalue weighted by Crippen LogP contribution is -2.20. The van der Waals surface area contributed by atoms with Gasteiger partial charge in [0, 0.05) is 23.4 Å². The largest absolute Gasteiger partial charge is 0.449 e. The first kappa shape index (κ1) is 18.7. The van der Waals surface area contributed by atoms with Gasteiger partial charge in [0.15, 0.2) is 5.16 Å². The first-order chi connectivity index (χ1) is 12.7. The lowest BCUT2D eigenvalue weighted by Gasteiger charge is -2.10. The summed E-state index contributed by atoms with van der Waals surface area (Å²) < 4.78 is 5.03. The fourth-order valence-corrected chi connectivity index (χ4v) is 4.33. The zero-order valence-electron chi connectivity index (χ0n) is 14.7. The maximum Gasteiger partial charge on any atom is 0.406 e. The number of thioether (sulfide) groups is 2. The molecule has 0 aliphatic carbocycles. The third-order valence-corrected chi connectivity index (χ3v) is 5.95. The van der Waals surface area contributed by atoms with Crippen LogP contribution in [0.5, 0.6) is 0 Å². The molecular weight excluding hydrogens is 366 g/mol. The summed E-state index contributed by atoms with van der Waals surface area (Å²) in [4.78, 5) is 20.3. The molecule has 2 N–H and O–H groups in total. The highest BCUT2D eigenvalue weighted by molar-refractivity contribution is 7.99. The number of imidazole rings is 1. The fourth-order valence-electron chi connectivity index (χ4n) is 2.47. The van der Waals surface area contributed by atoms with Gasteiger partial charge in [-0.25, -0.2) is 9.78 Å². The molecule has 3 rings (SSSR count). The van der Waals surface area contributed by atoms with Crippen molar-refractivity contribution < 1.29 is 9.53 Å². The molecule has 0 aliphatic heterocycles. The summed E-state index contributed by atoms with van der Waals surface area (Å²) in [6.45, 7) is 2.53. The zero-order valence-corrected chi connectivity index (χ0v) is 16.4. The van der Waals surface area contributed by atoms with Gasteiger partial charge >= 0.3 is 6.09 Å². The van der Waals surface area contributed by atoms with Gasteiger partial charge in [-0.1, -0.05) is 36.0 Å². The minimum absolute atomic E-state index is 0.390. The number of alkyl carbamates (subject to hydrolysis) is 1. The monoisotopic (exact) mass is 387 g/mol. The number of para-hydroxylation sites is 2. The third-order valence-electron chi connectivity index (χ3n) is 3.91. The molecule has 0 saturated carbocycles. The molecule has 1 aromatic heterocycles. The predicted octanol–water partition coefficient (Wildman–Crippen LogP) is 4.61. The zero-order chi connectivity index (χ0) is 18.4. The van der Waals surface area contributed by atoms with Crippen LogP contribution >= 0.6 is 23.5 Å². The van der Waals surface area contributed by atoms with Crippen molar-refractivity contribution in [2.45, 2.75) is 22.7 Å². The van der Waals surface area contributed by atoms with Crippen molar-refractivity contribution in [1.29, 1.82) is 0 Å². The van der Waals surface area contributed by atoms with Crippen molar-refractivity contribution in [2.75, 3.05) is 19.4 Å². The molecule has 7 heteroatoms. The smallest absolute Gasteiger partial charge is 0.406 e. The highest BCUT2D eigenvalue weighted by Crippen LogP contribution is 2.29. The number of hydrogen-bond acceptors (Lipinski definition) is 5. The van der Waals surface area contributed by atoms with Gasteiger partial charge in [-0.2, -0.15) is 0 Å². The summed E-state index contributed by atoms with van der Waals surface area (Å²) in [6.07, 6.45) is -0.390. The molecule has 0 bridgehead atoms. The van der Waals surface area contributed by atoms with Gasteiger partial charge in [0.05, 0.1) is 11.0 Å². The summed E-state index contributed by atoms with van der Waals surface area (Å²) in [6, 6.07) is 14.4. The van der Waals surface area contributed by atoms with Crippen LogP contribution in [0.3, 0.4) is 0 Å². The third kappa shape index (κ3) is 4.74. The Labute approximate surface area is 161 Å². The van der Waals surface area contributed by atoms with Gasteiger partial charge in [-0.3, -0.25) is 0 Å². The highest BCUT2D eigenvalue weighted by Gasteiger charge is 2.08. The van der Waals surface area contributed by atoms with Crippen molar-refractivity contribution in [3.05, 3.63) is 53.6 Å². The van der Waals surface area contributed by atoms with Crippen LogP contribution in [-0.2, 0) is 10.5 Å². The molecule has 1 amide bonds. The van der Waals surface area contributed by atoms with E-state index in [0.717, 1.165) is 27.7 Å². The Hall–Kier alpha value is -2.12. The van der Waals surface area contributed by atoms with Gasteiger partial charge in [-0.05, 0) is 36.2 Å². The molecule has 2 aromatic carbocycles. The van der Waals surface area contributed by atoms with Crippen LogP contribution in [0.25, 0.3) is 11.0 Å². The molecule has 0 atom stereocenters. The fraction of sp³-hybridized carbons (Fsp3) is 0.263. The number of H-pyrrole nitrogens is 1. The summed E-state index contributed by atoms with van der Waals surface area (Å²) in [5, 5.41) is 3.38. The van der Waals surface area contributed by atoms with E-state index in [4.69, 9.17) is 4.74 Å². The van der Waals surface area contributed by atoms with E-state index in [9.17, 15) is 4.79 Å². The predicted molar refractivity (Wildman–Crippen MR) is 108 cm³/mol. The maximum absolute atomic E-state index is 11.1. The van der Waals surface area contributed by atoms with Crippen LogP contribution in [0.2, 0.25) is 0 Å². The Balaban J connectivity index is 1.58. The maximum atomic E-state index is 11.1. The van der Waals surface area contributed by atoms with Crippen molar-refractivity contribution >= 4 is 40.7 Å². The van der Waals surface area contributed by atoms with Gasteiger partial charge < -0.3 is 15.0 Å². The molecule has 0 saturated heterocycles. The van der Waals surface area contributed by atoms with E-state index in [2.05, 4.69) is 40.4 Å². The highest BCUT2D eigenvalue weighted by atomic mass is 32.2. The number of nitrogens with zero attached hydrogens (tertiary/aromatic N) is 1. The van der Waals surface area contributed by atoms with Crippen LogP contribution in [0, 0.1) is 6.92 Å². The average Bonchev–Trinajstić information content (AvgIpc) is 3.08. The van der Waals surface area contributed by atoms with Gasteiger partial charge in [0.25, 0.3) is 0 Å². The van der Waals surface area contributed by atoms with E-state index >= 15 is 0 Å². The normalized spacial score (nSPS) is 10.8. The Bertz CT molecular complexity index is 862. The number of ether oxygens (including phenoxy) is 1. The van der Waals surface area contributed by atoms with E-state index in [0.29, 0.717) is 6.61 Å². The number of nitrogens with one attached hydrogen (secondary N) is 2. The van der Waals surface area contributed by atoms with Crippen LogP contribution < -0.4 is 5.32 Å². The topological polar surface area (TPSA) is 67.0 Å². The molecule has 26 heavy (non-hydrogen) atoms. The van der Waals surface area contributed by atoms with Crippen LogP contribution in [-0.4, -0.2) is 35.5 Å². The van der Waals surface area contributed by atoms with E-state index < -0.39 is 6.09 Å². The standard InChI is InChI=1S/C19H21N3O2S2/c1-13-14(6-5-9-17(13)25-11-10-24-19(23)20-2)12-26-18-21-15-7-3-4-8-16(15)22-18/h3-9H,10-12H2,1-2H3,(H,20,23)(H,21,22). The Morgan fingerprint density at radius 3 is 2.85 bits per heavy atom. The molecule has 136 valence electrons. The van der Waals surface area contributed by atoms with E-state index in [-0.39, 0.29) is 0 Å². The number of benzene rings is 2. The molecular formula is C19H21N3O2S2. The molecule has 0 unspecified atom stereocenters. The molecule has 0 aliphatic rings. The number of aromatic nitrogens is 2. The van der Waals surface area contributed by atoms with Gasteiger partial charge in [0.2, 0.25) is 0 Å². The number of carbonyl (C=O) groups is 1. The van der Waals surface area contributed by atoms with Crippen LogP contribution in [0.1, 0.15) is 11.1 Å². The molecule has 0 fully saturated rings. The minimum atomic E-state index is -0.390. The molecule has 1 heterocycles. The van der Waals surface area contributed by atoms with Crippen molar-refractivity contribution in [2.24, 2.45) is 0 Å². The molecule has 0 radical (unpaired) electrons. The number of carbonyl (C=O) groups excluding carboxylic acids is 1. The number of fused-ring (bicyclic) bond motifs is 1. The second kappa shape index (κ2) is 9.00. The summed E-state index contributed by atoms with van der Waals surface area (Å²) >= 11 is 3.41. The lowest BCUT2D eigenvalue weighted by molar-refractivity contribution is 0.155. The second-order valence-corrected chi connectivity index (χ2v) is 7.72. The SMILES string of the molecule is CNC(=O)OCCSc1cccc(CSc2nc3ccccc3[nH]2)c1C. The summed E-state index contributed by atoms with van der Waals surface area (Å²) in [5.41, 5.74) is 4.60. The van der Waals surface area contributed by atoms with Crippen molar-refractivity contribution in [1.82, 2.24) is 15.3 Å². The second-order valence-electron chi connectivity index (χ2n) is 5.62. The summed E-state index contributed by atoms with van der Waals surface area (Å²) in [7, 11) is 1.56. The number of amides is 1. The van der Waals surface area contributed by atoms with E-state index in [1.165, 1.54) is 16.0 Å². The molecule has 3 aromatic rings. The van der Waals surface area contributed by atoms with Gasteiger partial charge in [-0.15, -0.1) is 11.8 Å².